The first kappa shape index (κ1) is 67.8. The second-order valence-electron chi connectivity index (χ2n) is 21.0. The molecule has 0 spiro atoms. The van der Waals surface area contributed by atoms with E-state index in [0.717, 1.165) is 90.7 Å². The highest BCUT2D eigenvalue weighted by Crippen LogP contribution is 2.38. The van der Waals surface area contributed by atoms with E-state index in [0.29, 0.717) is 15.9 Å². The summed E-state index contributed by atoms with van der Waals surface area (Å²) in [5, 5.41) is 8.37. The van der Waals surface area contributed by atoms with Crippen LogP contribution in [0.25, 0.3) is 33.4 Å². The van der Waals surface area contributed by atoms with Crippen LogP contribution in [0.3, 0.4) is 0 Å². The Balaban J connectivity index is 0.000000185. The van der Waals surface area contributed by atoms with E-state index in [4.69, 9.17) is 64.1 Å². The Morgan fingerprint density at radius 3 is 1.27 bits per heavy atom. The van der Waals surface area contributed by atoms with Gasteiger partial charge in [-0.05, 0) is 188 Å². The van der Waals surface area contributed by atoms with E-state index in [1.807, 2.05) is 167 Å². The Kier molecular flexibility index (Phi) is 25.1. The zero-order chi connectivity index (χ0) is 61.3. The number of hydrogen-bond donors (Lipinski definition) is 3. The Labute approximate surface area is 535 Å². The molecule has 0 aliphatic carbocycles. The molecule has 0 bridgehead atoms. The van der Waals surface area contributed by atoms with Crippen molar-refractivity contribution in [2.45, 2.75) is 70.9 Å². The number of halogens is 5. The maximum absolute atomic E-state index is 11.1. The third-order valence-corrected chi connectivity index (χ3v) is 15.4. The summed E-state index contributed by atoms with van der Waals surface area (Å²) in [6.07, 6.45) is 3.29. The number of alkyl halides is 1. The fourth-order valence-corrected chi connectivity index (χ4v) is 9.93. The van der Waals surface area contributed by atoms with Crippen molar-refractivity contribution in [1.29, 1.82) is 0 Å². The predicted molar refractivity (Wildman–Crippen MR) is 362 cm³/mol. The highest BCUT2D eigenvalue weighted by Gasteiger charge is 2.51. The van der Waals surface area contributed by atoms with Crippen LogP contribution < -0.4 is 36.0 Å². The molecule has 1 saturated heterocycles. The van der Waals surface area contributed by atoms with Crippen LogP contribution >= 0.6 is 63.1 Å². The molecule has 0 radical (unpaired) electrons. The molecular weight excluding hydrogens is 1230 g/mol. The molecule has 8 aromatic carbocycles. The first-order chi connectivity index (χ1) is 40.7. The van der Waals surface area contributed by atoms with Gasteiger partial charge in [-0.3, -0.25) is 9.59 Å². The second kappa shape index (κ2) is 31.9. The molecule has 2 amide bonds. The van der Waals surface area contributed by atoms with E-state index in [1.165, 1.54) is 41.7 Å². The average molecular weight is 1300 g/mol. The summed E-state index contributed by atoms with van der Waals surface area (Å²) in [5.74, 6) is 2.82. The lowest BCUT2D eigenvalue weighted by molar-refractivity contribution is -0.115. The molecule has 1 aromatic heterocycles. The number of methoxy groups -OCH3 is 3. The first-order valence-electron chi connectivity index (χ1n) is 27.3. The highest BCUT2D eigenvalue weighted by molar-refractivity contribution is 9.08. The van der Waals surface area contributed by atoms with Crippen LogP contribution in [0.2, 0.25) is 15.1 Å². The van der Waals surface area contributed by atoms with Crippen LogP contribution in [-0.4, -0.2) is 56.4 Å². The molecule has 4 N–H and O–H groups in total. The van der Waals surface area contributed by atoms with Gasteiger partial charge in [-0.2, -0.15) is 0 Å². The maximum atomic E-state index is 11.1. The van der Waals surface area contributed by atoms with E-state index < -0.39 is 7.12 Å². The number of carbonyl (C=O) groups excluding carboxylic acids is 2. The smallest absolute Gasteiger partial charge is 0.496 e. The Hall–Kier alpha value is -7.33. The number of ether oxygens (including phenoxy) is 3. The quantitative estimate of drug-likeness (QED) is 0.0551. The van der Waals surface area contributed by atoms with Gasteiger partial charge < -0.3 is 39.9 Å². The number of nitrogen functional groups attached to an aromatic ring is 1. The highest BCUT2D eigenvalue weighted by atomic mass is 79.9. The van der Waals surface area contributed by atoms with Crippen molar-refractivity contribution in [3.05, 3.63) is 237 Å². The number of pyridine rings is 1. The summed E-state index contributed by atoms with van der Waals surface area (Å²) in [5.41, 5.74) is 19.7. The topological polar surface area (TPSA) is 143 Å². The van der Waals surface area contributed by atoms with Crippen molar-refractivity contribution in [3.63, 3.8) is 0 Å². The minimum Gasteiger partial charge on any atom is -0.496 e. The Bertz CT molecular complexity index is 3690. The Morgan fingerprint density at radius 1 is 0.523 bits per heavy atom. The van der Waals surface area contributed by atoms with Crippen LogP contribution in [0.15, 0.2) is 194 Å². The summed E-state index contributed by atoms with van der Waals surface area (Å²) in [7, 11) is 4.60. The monoisotopic (exact) mass is 1300 g/mol. The number of benzene rings is 8. The van der Waals surface area contributed by atoms with Gasteiger partial charge >= 0.3 is 7.12 Å². The number of amides is 2. The van der Waals surface area contributed by atoms with Gasteiger partial charge in [0.2, 0.25) is 11.8 Å². The van der Waals surface area contributed by atoms with Gasteiger partial charge in [0, 0.05) is 74.0 Å². The van der Waals surface area contributed by atoms with Crippen LogP contribution in [-0.2, 0) is 37.1 Å². The second-order valence-corrected chi connectivity index (χ2v) is 22.9. The van der Waals surface area contributed by atoms with Crippen molar-refractivity contribution >= 4 is 105 Å². The van der Waals surface area contributed by atoms with Gasteiger partial charge in [-0.15, -0.1) is 12.4 Å². The van der Waals surface area contributed by atoms with Crippen molar-refractivity contribution in [2.24, 2.45) is 0 Å². The minimum absolute atomic E-state index is 0. The van der Waals surface area contributed by atoms with Gasteiger partial charge in [0.15, 0.2) is 0 Å². The van der Waals surface area contributed by atoms with E-state index in [9.17, 15) is 9.59 Å². The largest absolute Gasteiger partial charge is 0.496 e. The molecule has 10 rings (SSSR count). The predicted octanol–water partition coefficient (Wildman–Crippen LogP) is 17.4. The third kappa shape index (κ3) is 19.3. The molecule has 1 aliphatic heterocycles. The van der Waals surface area contributed by atoms with E-state index >= 15 is 0 Å². The molecule has 446 valence electrons. The molecule has 0 unspecified atom stereocenters. The van der Waals surface area contributed by atoms with Crippen molar-refractivity contribution in [1.82, 2.24) is 4.98 Å². The van der Waals surface area contributed by atoms with E-state index in [1.54, 1.807) is 33.6 Å². The number of hydrogen-bond acceptors (Lipinski definition) is 9. The number of nitrogens with one attached hydrogen (secondary N) is 2. The normalized spacial score (nSPS) is 12.5. The lowest BCUT2D eigenvalue weighted by Gasteiger charge is -2.32. The zero-order valence-electron chi connectivity index (χ0n) is 49.5. The fourth-order valence-electron chi connectivity index (χ4n) is 9.01. The lowest BCUT2D eigenvalue weighted by Crippen LogP contribution is -2.41. The maximum Gasteiger partial charge on any atom is 0.496 e. The van der Waals surface area contributed by atoms with Crippen molar-refractivity contribution < 1.29 is 33.1 Å². The molecular formula is C69H70BBrCl4N4O7. The summed E-state index contributed by atoms with van der Waals surface area (Å²) < 4.78 is 28.2. The summed E-state index contributed by atoms with van der Waals surface area (Å²) >= 11 is 21.7. The molecule has 9 aromatic rings. The van der Waals surface area contributed by atoms with E-state index in [2.05, 4.69) is 74.0 Å². The minimum atomic E-state index is -0.427. The molecule has 1 aliphatic rings. The van der Waals surface area contributed by atoms with Gasteiger partial charge in [0.25, 0.3) is 0 Å². The number of carbonyl (C=O) groups is 2. The average Bonchev–Trinajstić information content (AvgIpc) is 3.94. The summed E-state index contributed by atoms with van der Waals surface area (Å²) in [6.45, 7) is 11.0. The van der Waals surface area contributed by atoms with Crippen LogP contribution in [0.1, 0.15) is 69.4 Å². The SMILES string of the molecule is CC(=O)Nc1ccc(B2OC(C)(C)C(C)(C)O2)cn1.COc1ccc(CBr)cc1-c1cccc(Cl)c1.COc1ccc(Cc2ccc(N)cc2)cc1-c1cccc(Cl)c1.COc1ccc(Cc2ccc(NC(C)=O)cc2)cc1-c1cccc(Cl)c1.Cl. The molecule has 2 heterocycles. The van der Waals surface area contributed by atoms with Crippen molar-refractivity contribution in [3.8, 4) is 50.6 Å². The number of rotatable bonds is 14. The number of anilines is 3. The van der Waals surface area contributed by atoms with Gasteiger partial charge in [-0.1, -0.05) is 136 Å². The fraction of sp³-hybridized carbons (Fsp3) is 0.203. The van der Waals surface area contributed by atoms with Gasteiger partial charge in [-0.25, -0.2) is 4.98 Å². The van der Waals surface area contributed by atoms with Crippen LogP contribution in [0.4, 0.5) is 17.2 Å². The zero-order valence-corrected chi connectivity index (χ0v) is 54.1. The molecule has 1 fully saturated rings. The first-order valence-corrected chi connectivity index (χ1v) is 29.6. The van der Waals surface area contributed by atoms with Crippen LogP contribution in [0, 0.1) is 0 Å². The lowest BCUT2D eigenvalue weighted by atomic mass is 9.80. The Morgan fingerprint density at radius 2 is 0.907 bits per heavy atom. The number of nitrogens with two attached hydrogens (primary N) is 1. The number of nitrogens with zero attached hydrogens (tertiary/aromatic N) is 1. The molecule has 0 atom stereocenters. The van der Waals surface area contributed by atoms with Crippen LogP contribution in [0.5, 0.6) is 17.2 Å². The van der Waals surface area contributed by atoms with Gasteiger partial charge in [0.05, 0.1) is 32.5 Å². The van der Waals surface area contributed by atoms with Gasteiger partial charge in [0.1, 0.15) is 23.1 Å². The molecule has 17 heteroatoms. The molecule has 86 heavy (non-hydrogen) atoms. The third-order valence-electron chi connectivity index (χ3n) is 14.0. The number of aromatic nitrogens is 1. The van der Waals surface area contributed by atoms with E-state index in [-0.39, 0.29) is 35.4 Å². The standard InChI is InChI=1S/C22H20ClNO2.C20H18ClNO.C14H12BrClO.C13H19BN2O3.ClH/c1-15(25)24-20-9-6-16(7-10-20)12-17-8-11-22(26-2)21(13-17)18-4-3-5-19(23)14-18;1-23-20-10-7-15(11-14-5-8-18(22)9-6-14)12-19(20)16-3-2-4-17(21)13-16;1-17-14-6-5-10(9-15)7-13(14)11-3-2-4-12(16)8-11;1-9(17)16-11-7-6-10(8-15-11)14-18-12(2,3)13(4,5)19-14;/h3-11,13-14H,12H2,1-2H3,(H,24,25);2-10,12-13H,11,22H2,1H3;2-8H,9H2,1H3;6-8H,1-5H3,(H,15,16,17);1H. The van der Waals surface area contributed by atoms with Crippen molar-refractivity contribution in [2.75, 3.05) is 37.7 Å². The molecule has 0 saturated carbocycles. The summed E-state index contributed by atoms with van der Waals surface area (Å²) in [6, 6.07) is 61.3. The summed E-state index contributed by atoms with van der Waals surface area (Å²) in [4.78, 5) is 26.2. The molecule has 11 nitrogen and oxygen atoms in total.